The number of likely N-dealkylation sites (N-methyl/N-ethyl adjacent to an activating group) is 1. The fraction of sp³-hybridized carbons (Fsp3) is 0.435. The molecule has 4 rings (SSSR count). The third kappa shape index (κ3) is 5.10. The highest BCUT2D eigenvalue weighted by atomic mass is 35.5. The largest absolute Gasteiger partial charge is 0.366 e. The lowest BCUT2D eigenvalue weighted by molar-refractivity contribution is 0.0746. The fourth-order valence-corrected chi connectivity index (χ4v) is 4.93. The molecule has 0 radical (unpaired) electrons. The summed E-state index contributed by atoms with van der Waals surface area (Å²) in [4.78, 5) is 17.2. The third-order valence-electron chi connectivity index (χ3n) is 6.31. The number of aromatic nitrogens is 1. The summed E-state index contributed by atoms with van der Waals surface area (Å²) in [5.74, 6) is -0.337. The summed E-state index contributed by atoms with van der Waals surface area (Å²) in [7, 11) is -1.75. The Bertz CT molecular complexity index is 1170. The van der Waals surface area contributed by atoms with E-state index >= 15 is 0 Å². The van der Waals surface area contributed by atoms with Crippen molar-refractivity contribution in [1.82, 2.24) is 13.8 Å². The molecule has 1 fully saturated rings. The van der Waals surface area contributed by atoms with Crippen molar-refractivity contribution in [3.63, 3.8) is 0 Å². The maximum Gasteiger partial charge on any atom is 0.256 e. The topological polar surface area (TPSA) is 65.9 Å². The van der Waals surface area contributed by atoms with E-state index in [0.29, 0.717) is 56.9 Å². The van der Waals surface area contributed by atoms with Gasteiger partial charge in [-0.2, -0.15) is 0 Å². The summed E-state index contributed by atoms with van der Waals surface area (Å²) in [6, 6.07) is 6.67. The summed E-state index contributed by atoms with van der Waals surface area (Å²) in [6.07, 6.45) is 7.32. The van der Waals surface area contributed by atoms with Gasteiger partial charge in [0.25, 0.3) is 5.91 Å². The minimum absolute atomic E-state index is 0.0766. The Morgan fingerprint density at radius 2 is 1.91 bits per heavy atom. The average Bonchev–Trinajstić information content (AvgIpc) is 3.14. The van der Waals surface area contributed by atoms with Gasteiger partial charge in [-0.3, -0.25) is 4.79 Å². The van der Waals surface area contributed by atoms with Crippen LogP contribution in [0, 0.1) is 5.82 Å². The third-order valence-corrected chi connectivity index (χ3v) is 7.92. The molecule has 2 aliphatic rings. The number of nitrogens with zero attached hydrogens (tertiary/aromatic N) is 4. The molecule has 0 spiro atoms. The zero-order valence-corrected chi connectivity index (χ0v) is 20.3. The van der Waals surface area contributed by atoms with Crippen LogP contribution in [0.5, 0.6) is 0 Å². The summed E-state index contributed by atoms with van der Waals surface area (Å²) in [5.41, 5.74) is 2.92. The molecule has 10 heteroatoms. The molecule has 1 aliphatic carbocycles. The first-order valence-corrected chi connectivity index (χ1v) is 13.2. The van der Waals surface area contributed by atoms with Crippen LogP contribution in [0.2, 0.25) is 0 Å². The quantitative estimate of drug-likeness (QED) is 0.579. The lowest BCUT2D eigenvalue weighted by atomic mass is 10.0. The number of sulfonamides is 1. The van der Waals surface area contributed by atoms with Crippen LogP contribution in [0.25, 0.3) is 6.08 Å². The molecule has 1 aliphatic heterocycles. The van der Waals surface area contributed by atoms with Gasteiger partial charge >= 0.3 is 0 Å². The number of allylic oxidation sites excluding steroid dienone is 1. The number of anilines is 1. The van der Waals surface area contributed by atoms with Crippen molar-refractivity contribution >= 4 is 39.3 Å². The maximum atomic E-state index is 14.1. The number of hydrogen-bond donors (Lipinski definition) is 0. The van der Waals surface area contributed by atoms with Crippen molar-refractivity contribution in [2.45, 2.75) is 18.3 Å². The first-order chi connectivity index (χ1) is 15.6. The second-order valence-corrected chi connectivity index (χ2v) is 11.1. The van der Waals surface area contributed by atoms with E-state index in [2.05, 4.69) is 0 Å². The van der Waals surface area contributed by atoms with Gasteiger partial charge in [-0.1, -0.05) is 24.3 Å². The van der Waals surface area contributed by atoms with Gasteiger partial charge in [0, 0.05) is 70.2 Å². The number of hydrogen-bond acceptors (Lipinski definition) is 4. The van der Waals surface area contributed by atoms with Crippen molar-refractivity contribution in [1.29, 1.82) is 0 Å². The second kappa shape index (κ2) is 9.48. The Balaban J connectivity index is 1.51. The van der Waals surface area contributed by atoms with E-state index in [1.165, 1.54) is 23.7 Å². The predicted molar refractivity (Wildman–Crippen MR) is 129 cm³/mol. The van der Waals surface area contributed by atoms with E-state index in [4.69, 9.17) is 11.6 Å². The lowest BCUT2D eigenvalue weighted by Crippen LogP contribution is -2.49. The Morgan fingerprint density at radius 3 is 2.58 bits per heavy atom. The number of carbonyl (C=O) groups is 1. The number of rotatable bonds is 6. The number of alkyl halides is 1. The molecule has 0 N–H and O–H groups in total. The SMILES string of the molecule is CN(CCn1cc(C(=O)N2CCN(c3ccccc3F)CC2)c2c1CC(Cl)C=C2)S(C)(=O)=O. The van der Waals surface area contributed by atoms with Gasteiger partial charge in [0.15, 0.2) is 0 Å². The summed E-state index contributed by atoms with van der Waals surface area (Å²) in [6.45, 7) is 2.81. The zero-order chi connectivity index (χ0) is 23.8. The molecule has 1 unspecified atom stereocenters. The van der Waals surface area contributed by atoms with Gasteiger partial charge in [-0.25, -0.2) is 17.1 Å². The molecule has 1 amide bonds. The summed E-state index contributed by atoms with van der Waals surface area (Å²) < 4.78 is 40.9. The number of amides is 1. The Morgan fingerprint density at radius 1 is 1.21 bits per heavy atom. The monoisotopic (exact) mass is 494 g/mol. The molecule has 2 heterocycles. The molecule has 178 valence electrons. The van der Waals surface area contributed by atoms with Gasteiger partial charge in [0.2, 0.25) is 10.0 Å². The van der Waals surface area contributed by atoms with Crippen molar-refractivity contribution in [3.05, 3.63) is 59.2 Å². The Hall–Kier alpha value is -2.36. The van der Waals surface area contributed by atoms with Crippen LogP contribution in [-0.2, 0) is 23.0 Å². The van der Waals surface area contributed by atoms with Crippen molar-refractivity contribution < 1.29 is 17.6 Å². The van der Waals surface area contributed by atoms with Gasteiger partial charge < -0.3 is 14.4 Å². The first-order valence-electron chi connectivity index (χ1n) is 10.9. The van der Waals surface area contributed by atoms with E-state index < -0.39 is 10.0 Å². The highest BCUT2D eigenvalue weighted by Crippen LogP contribution is 2.29. The van der Waals surface area contributed by atoms with E-state index in [9.17, 15) is 17.6 Å². The number of halogens is 2. The molecule has 2 aromatic rings. The van der Waals surface area contributed by atoms with Crippen molar-refractivity contribution in [3.8, 4) is 0 Å². The molecule has 33 heavy (non-hydrogen) atoms. The summed E-state index contributed by atoms with van der Waals surface area (Å²) >= 11 is 6.34. The van der Waals surface area contributed by atoms with Gasteiger partial charge in [0.05, 0.1) is 22.9 Å². The predicted octanol–water partition coefficient (Wildman–Crippen LogP) is 2.66. The van der Waals surface area contributed by atoms with E-state index in [-0.39, 0.29) is 17.1 Å². The average molecular weight is 495 g/mol. The lowest BCUT2D eigenvalue weighted by Gasteiger charge is -2.36. The standard InChI is InChI=1S/C23H28ClFN4O3S/c1-26(33(2,31)32)9-10-29-16-19(18-8-7-17(24)15-22(18)29)23(30)28-13-11-27(12-14-28)21-6-4-3-5-20(21)25/h3-8,16-17H,9-15H2,1-2H3. The molecule has 0 bridgehead atoms. The molecular weight excluding hydrogens is 467 g/mol. The number of fused-ring (bicyclic) bond motifs is 1. The molecule has 0 saturated carbocycles. The van der Waals surface area contributed by atoms with Gasteiger partial charge in [0.1, 0.15) is 5.82 Å². The zero-order valence-electron chi connectivity index (χ0n) is 18.7. The minimum atomic E-state index is -3.29. The second-order valence-electron chi connectivity index (χ2n) is 8.49. The van der Waals surface area contributed by atoms with Crippen LogP contribution in [-0.4, -0.2) is 79.5 Å². The minimum Gasteiger partial charge on any atom is -0.366 e. The molecule has 7 nitrogen and oxygen atoms in total. The molecule has 1 saturated heterocycles. The number of para-hydroxylation sites is 1. The molecular formula is C23H28ClFN4O3S. The number of benzene rings is 1. The molecule has 1 aromatic carbocycles. The van der Waals surface area contributed by atoms with E-state index in [0.717, 1.165) is 11.3 Å². The normalized spacial score (nSPS) is 18.6. The van der Waals surface area contributed by atoms with Crippen LogP contribution in [0.3, 0.4) is 0 Å². The summed E-state index contributed by atoms with van der Waals surface area (Å²) in [5, 5.41) is -0.175. The Kier molecular flexibility index (Phi) is 6.83. The first kappa shape index (κ1) is 23.8. The maximum absolute atomic E-state index is 14.1. The number of carbonyl (C=O) groups excluding carboxylic acids is 1. The van der Waals surface area contributed by atoms with E-state index in [1.807, 2.05) is 33.9 Å². The highest BCUT2D eigenvalue weighted by molar-refractivity contribution is 7.88. The smallest absolute Gasteiger partial charge is 0.256 e. The van der Waals surface area contributed by atoms with Crippen LogP contribution in [0.1, 0.15) is 21.6 Å². The van der Waals surface area contributed by atoms with E-state index in [1.54, 1.807) is 17.0 Å². The highest BCUT2D eigenvalue weighted by Gasteiger charge is 2.29. The van der Waals surface area contributed by atoms with Crippen LogP contribution >= 0.6 is 11.6 Å². The van der Waals surface area contributed by atoms with Gasteiger partial charge in [-0.05, 0) is 12.1 Å². The Labute approximate surface area is 199 Å². The van der Waals surface area contributed by atoms with Crippen LogP contribution < -0.4 is 4.90 Å². The molecule has 1 atom stereocenters. The van der Waals surface area contributed by atoms with Crippen LogP contribution in [0.15, 0.2) is 36.5 Å². The van der Waals surface area contributed by atoms with Crippen molar-refractivity contribution in [2.75, 3.05) is 50.9 Å². The van der Waals surface area contributed by atoms with Crippen LogP contribution in [0.4, 0.5) is 10.1 Å². The number of piperazine rings is 1. The molecule has 1 aromatic heterocycles. The van der Waals surface area contributed by atoms with Crippen molar-refractivity contribution in [2.24, 2.45) is 0 Å². The van der Waals surface area contributed by atoms with Gasteiger partial charge in [-0.15, -0.1) is 11.6 Å². The fourth-order valence-electron chi connectivity index (χ4n) is 4.29.